The summed E-state index contributed by atoms with van der Waals surface area (Å²) >= 11 is 5.85. The van der Waals surface area contributed by atoms with Crippen LogP contribution in [0.5, 0.6) is 17.2 Å². The highest BCUT2D eigenvalue weighted by Crippen LogP contribution is 2.34. The summed E-state index contributed by atoms with van der Waals surface area (Å²) < 4.78 is 10.0. The van der Waals surface area contributed by atoms with Crippen molar-refractivity contribution in [2.75, 3.05) is 19.5 Å². The van der Waals surface area contributed by atoms with Crippen molar-refractivity contribution in [3.05, 3.63) is 47.0 Å². The van der Waals surface area contributed by atoms with Crippen LogP contribution in [0.2, 0.25) is 5.02 Å². The molecule has 0 aliphatic rings. The van der Waals surface area contributed by atoms with Crippen molar-refractivity contribution in [2.45, 2.75) is 0 Å². The van der Waals surface area contributed by atoms with Gasteiger partial charge in [0.25, 0.3) is 0 Å². The van der Waals surface area contributed by atoms with E-state index in [2.05, 4.69) is 15.8 Å². The lowest BCUT2D eigenvalue weighted by molar-refractivity contribution is -0.136. The molecule has 0 radical (unpaired) electrons. The Labute approximate surface area is 154 Å². The molecule has 0 fully saturated rings. The van der Waals surface area contributed by atoms with E-state index in [0.717, 1.165) is 0 Å². The highest BCUT2D eigenvalue weighted by molar-refractivity contribution is 6.39. The predicted molar refractivity (Wildman–Crippen MR) is 97.0 cm³/mol. The van der Waals surface area contributed by atoms with Crippen LogP contribution in [0.1, 0.15) is 5.56 Å². The summed E-state index contributed by atoms with van der Waals surface area (Å²) in [6, 6.07) is 9.55. The first-order valence-corrected chi connectivity index (χ1v) is 7.68. The molecule has 26 heavy (non-hydrogen) atoms. The highest BCUT2D eigenvalue weighted by Gasteiger charge is 2.15. The quantitative estimate of drug-likeness (QED) is 0.420. The van der Waals surface area contributed by atoms with Gasteiger partial charge < -0.3 is 19.9 Å². The van der Waals surface area contributed by atoms with E-state index in [0.29, 0.717) is 17.0 Å². The number of hydrazone groups is 1. The van der Waals surface area contributed by atoms with E-state index in [4.69, 9.17) is 21.1 Å². The molecule has 0 aliphatic carbocycles. The number of carbonyl (C=O) groups excluding carboxylic acids is 2. The minimum Gasteiger partial charge on any atom is -0.503 e. The van der Waals surface area contributed by atoms with E-state index in [-0.39, 0.29) is 16.5 Å². The molecule has 2 amide bonds. The van der Waals surface area contributed by atoms with Crippen LogP contribution in [-0.2, 0) is 9.59 Å². The van der Waals surface area contributed by atoms with Gasteiger partial charge in [0.05, 0.1) is 31.1 Å². The number of para-hydroxylation sites is 2. The van der Waals surface area contributed by atoms with Crippen LogP contribution in [-0.4, -0.2) is 37.4 Å². The second-order valence-corrected chi connectivity index (χ2v) is 5.31. The number of carbonyl (C=O) groups is 2. The van der Waals surface area contributed by atoms with E-state index in [1.165, 1.54) is 32.6 Å². The Kier molecular flexibility index (Phi) is 6.40. The van der Waals surface area contributed by atoms with Crippen LogP contribution in [0.15, 0.2) is 41.5 Å². The fourth-order valence-corrected chi connectivity index (χ4v) is 2.19. The molecule has 0 saturated heterocycles. The summed E-state index contributed by atoms with van der Waals surface area (Å²) in [6.45, 7) is 0. The number of nitrogens with zero attached hydrogens (tertiary/aromatic N) is 1. The Hall–Kier alpha value is -3.26. The first-order chi connectivity index (χ1) is 12.5. The Morgan fingerprint density at radius 1 is 1.12 bits per heavy atom. The van der Waals surface area contributed by atoms with Crippen LogP contribution in [0.4, 0.5) is 5.69 Å². The molecule has 8 nitrogen and oxygen atoms in total. The lowest BCUT2D eigenvalue weighted by atomic mass is 10.2. The van der Waals surface area contributed by atoms with E-state index in [1.807, 2.05) is 0 Å². The van der Waals surface area contributed by atoms with Crippen molar-refractivity contribution >= 4 is 35.3 Å². The molecular weight excluding hydrogens is 362 g/mol. The van der Waals surface area contributed by atoms with Gasteiger partial charge >= 0.3 is 11.8 Å². The first-order valence-electron chi connectivity index (χ1n) is 7.30. The van der Waals surface area contributed by atoms with Crippen molar-refractivity contribution in [1.29, 1.82) is 0 Å². The number of hydrogen-bond acceptors (Lipinski definition) is 6. The topological polar surface area (TPSA) is 109 Å². The average molecular weight is 378 g/mol. The number of hydrogen-bond donors (Lipinski definition) is 3. The molecule has 0 spiro atoms. The van der Waals surface area contributed by atoms with Crippen molar-refractivity contribution in [1.82, 2.24) is 5.43 Å². The molecule has 2 aromatic carbocycles. The summed E-state index contributed by atoms with van der Waals surface area (Å²) in [7, 11) is 2.82. The van der Waals surface area contributed by atoms with E-state index in [9.17, 15) is 14.7 Å². The number of phenols is 1. The molecule has 0 unspecified atom stereocenters. The van der Waals surface area contributed by atoms with Gasteiger partial charge in [-0.1, -0.05) is 23.7 Å². The van der Waals surface area contributed by atoms with E-state index < -0.39 is 11.8 Å². The second kappa shape index (κ2) is 8.72. The maximum absolute atomic E-state index is 11.9. The monoisotopic (exact) mass is 377 g/mol. The van der Waals surface area contributed by atoms with Crippen molar-refractivity contribution in [3.63, 3.8) is 0 Å². The SMILES string of the molecule is COc1ccccc1NC(=O)C(=O)N/N=C\c1cc(Cl)c(O)c(OC)c1. The second-order valence-electron chi connectivity index (χ2n) is 4.91. The number of methoxy groups -OCH3 is 2. The Morgan fingerprint density at radius 3 is 2.50 bits per heavy atom. The molecule has 2 aromatic rings. The minimum absolute atomic E-state index is 0.0612. The summed E-state index contributed by atoms with van der Waals surface area (Å²) in [5.41, 5.74) is 2.90. The predicted octanol–water partition coefficient (Wildman–Crippen LogP) is 2.15. The number of rotatable bonds is 5. The van der Waals surface area contributed by atoms with Gasteiger partial charge in [-0.05, 0) is 29.8 Å². The first kappa shape index (κ1) is 19.1. The molecular formula is C17H16ClN3O5. The van der Waals surface area contributed by atoms with Gasteiger partial charge in [-0.3, -0.25) is 9.59 Å². The van der Waals surface area contributed by atoms with Crippen molar-refractivity contribution < 1.29 is 24.2 Å². The van der Waals surface area contributed by atoms with Gasteiger partial charge in [-0.15, -0.1) is 0 Å². The Morgan fingerprint density at radius 2 is 1.81 bits per heavy atom. The number of nitrogens with one attached hydrogen (secondary N) is 2. The molecule has 2 rings (SSSR count). The molecule has 0 saturated carbocycles. The van der Waals surface area contributed by atoms with Gasteiger partial charge in [0.1, 0.15) is 5.75 Å². The van der Waals surface area contributed by atoms with Gasteiger partial charge in [0.2, 0.25) is 0 Å². The molecule has 0 bridgehead atoms. The smallest absolute Gasteiger partial charge is 0.329 e. The zero-order valence-corrected chi connectivity index (χ0v) is 14.7. The Bertz CT molecular complexity index is 854. The third-order valence-electron chi connectivity index (χ3n) is 3.21. The number of benzene rings is 2. The Balaban J connectivity index is 2.00. The molecule has 0 aliphatic heterocycles. The fourth-order valence-electron chi connectivity index (χ4n) is 1.97. The third-order valence-corrected chi connectivity index (χ3v) is 3.50. The zero-order valence-electron chi connectivity index (χ0n) is 13.9. The van der Waals surface area contributed by atoms with Crippen LogP contribution >= 0.6 is 11.6 Å². The summed E-state index contributed by atoms with van der Waals surface area (Å²) in [5, 5.41) is 15.8. The molecule has 0 aromatic heterocycles. The summed E-state index contributed by atoms with van der Waals surface area (Å²) in [4.78, 5) is 23.7. The third kappa shape index (κ3) is 4.64. The standard InChI is InChI=1S/C17H16ClN3O5/c1-25-13-6-4-3-5-12(13)20-16(23)17(24)21-19-9-10-7-11(18)15(22)14(8-10)26-2/h3-9,22H,1-2H3,(H,20,23)(H,21,24)/b19-9-. The van der Waals surface area contributed by atoms with Crippen LogP contribution in [0, 0.1) is 0 Å². The van der Waals surface area contributed by atoms with E-state index >= 15 is 0 Å². The van der Waals surface area contributed by atoms with Crippen LogP contribution in [0.25, 0.3) is 0 Å². The summed E-state index contributed by atoms with van der Waals surface area (Å²) in [6.07, 6.45) is 1.25. The van der Waals surface area contributed by atoms with Gasteiger partial charge in [0, 0.05) is 0 Å². The lowest BCUT2D eigenvalue weighted by Gasteiger charge is -2.08. The molecule has 0 heterocycles. The highest BCUT2D eigenvalue weighted by atomic mass is 35.5. The molecule has 136 valence electrons. The largest absolute Gasteiger partial charge is 0.503 e. The van der Waals surface area contributed by atoms with Crippen molar-refractivity contribution in [3.8, 4) is 17.2 Å². The summed E-state index contributed by atoms with van der Waals surface area (Å²) in [5.74, 6) is -1.51. The lowest BCUT2D eigenvalue weighted by Crippen LogP contribution is -2.32. The average Bonchev–Trinajstić information content (AvgIpc) is 2.64. The maximum atomic E-state index is 11.9. The molecule has 3 N–H and O–H groups in total. The molecule has 9 heteroatoms. The number of phenolic OH excluding ortho intramolecular Hbond substituents is 1. The van der Waals surface area contributed by atoms with Crippen LogP contribution < -0.4 is 20.2 Å². The fraction of sp³-hybridized carbons (Fsp3) is 0.118. The van der Waals surface area contributed by atoms with Gasteiger partial charge in [0.15, 0.2) is 11.5 Å². The van der Waals surface area contributed by atoms with Crippen molar-refractivity contribution in [2.24, 2.45) is 5.10 Å². The van der Waals surface area contributed by atoms with Gasteiger partial charge in [-0.2, -0.15) is 5.10 Å². The number of amides is 2. The number of anilines is 1. The number of ether oxygens (including phenoxy) is 2. The normalized spacial score (nSPS) is 10.4. The molecule has 0 atom stereocenters. The number of halogens is 1. The number of aromatic hydroxyl groups is 1. The van der Waals surface area contributed by atoms with E-state index in [1.54, 1.807) is 24.3 Å². The van der Waals surface area contributed by atoms with Gasteiger partial charge in [-0.25, -0.2) is 5.43 Å². The zero-order chi connectivity index (χ0) is 19.1. The minimum atomic E-state index is -0.969. The maximum Gasteiger partial charge on any atom is 0.329 e. The van der Waals surface area contributed by atoms with Crippen LogP contribution in [0.3, 0.4) is 0 Å².